The van der Waals surface area contributed by atoms with Crippen LogP contribution in [-0.2, 0) is 4.79 Å². The maximum atomic E-state index is 13.0. The molecule has 1 aromatic carbocycles. The Morgan fingerprint density at radius 1 is 1.13 bits per heavy atom. The number of fused-ring (bicyclic) bond motifs is 1. The van der Waals surface area contributed by atoms with Crippen molar-refractivity contribution in [1.29, 1.82) is 0 Å². The van der Waals surface area contributed by atoms with Crippen LogP contribution in [0.2, 0.25) is 0 Å². The fourth-order valence-corrected chi connectivity index (χ4v) is 4.76. The van der Waals surface area contributed by atoms with E-state index < -0.39 is 11.6 Å². The molecule has 2 aromatic rings. The van der Waals surface area contributed by atoms with Crippen molar-refractivity contribution in [3.63, 3.8) is 0 Å². The Balaban J connectivity index is 1.40. The summed E-state index contributed by atoms with van der Waals surface area (Å²) in [6, 6.07) is 7.34. The van der Waals surface area contributed by atoms with Crippen LogP contribution in [0.25, 0.3) is 5.69 Å². The van der Waals surface area contributed by atoms with Gasteiger partial charge >= 0.3 is 6.03 Å². The number of nitrogens with zero attached hydrogens (tertiary/aromatic N) is 3. The maximum Gasteiger partial charge on any atom is 0.346 e. The minimum absolute atomic E-state index is 0.229. The van der Waals surface area contributed by atoms with E-state index in [1.807, 2.05) is 38.1 Å². The second kappa shape index (κ2) is 7.14. The highest BCUT2D eigenvalue weighted by atomic mass is 16.7. The van der Waals surface area contributed by atoms with Gasteiger partial charge in [-0.2, -0.15) is 5.10 Å². The monoisotopic (exact) mass is 422 g/mol. The summed E-state index contributed by atoms with van der Waals surface area (Å²) in [6.45, 7) is 6.39. The van der Waals surface area contributed by atoms with E-state index in [1.165, 1.54) is 0 Å². The van der Waals surface area contributed by atoms with Crippen molar-refractivity contribution in [2.75, 3.05) is 6.79 Å². The van der Waals surface area contributed by atoms with Gasteiger partial charge in [-0.15, -0.1) is 5.01 Å². The van der Waals surface area contributed by atoms with Crippen LogP contribution in [0.4, 0.5) is 4.79 Å². The van der Waals surface area contributed by atoms with E-state index in [0.717, 1.165) is 46.2 Å². The highest BCUT2D eigenvalue weighted by Gasteiger charge is 2.52. The number of benzene rings is 1. The summed E-state index contributed by atoms with van der Waals surface area (Å²) in [5.41, 5.74) is 2.96. The molecule has 1 aromatic heterocycles. The Morgan fingerprint density at radius 2 is 1.87 bits per heavy atom. The standard InChI is InChI=1S/C23H26N4O4/c1-14-6-8-23(9-7-14)21(28)27(22(29)25-23)24-12-17-10-15(2)26(16(17)3)18-4-5-19-20(11-18)31-13-30-19/h4-5,10-12,14H,6-9,13H2,1-3H3,(H,25,29)/b24-12-. The molecule has 0 unspecified atom stereocenters. The zero-order chi connectivity index (χ0) is 21.8. The van der Waals surface area contributed by atoms with Crippen molar-refractivity contribution in [2.24, 2.45) is 11.0 Å². The van der Waals surface area contributed by atoms with Crippen molar-refractivity contribution in [1.82, 2.24) is 14.9 Å². The SMILES string of the molecule is Cc1cc(/C=N\N2C(=O)NC3(CCC(C)CC3)C2=O)c(C)n1-c1ccc2c(c1)OCO2. The molecule has 8 nitrogen and oxygen atoms in total. The molecule has 3 amide bonds. The lowest BCUT2D eigenvalue weighted by Gasteiger charge is -2.33. The lowest BCUT2D eigenvalue weighted by molar-refractivity contribution is -0.132. The van der Waals surface area contributed by atoms with Crippen LogP contribution < -0.4 is 14.8 Å². The van der Waals surface area contributed by atoms with E-state index in [4.69, 9.17) is 9.47 Å². The first-order valence-corrected chi connectivity index (χ1v) is 10.7. The number of hydrogen-bond donors (Lipinski definition) is 1. The van der Waals surface area contributed by atoms with E-state index in [1.54, 1.807) is 6.21 Å². The number of rotatable bonds is 3. The number of amides is 3. The molecule has 5 rings (SSSR count). The summed E-state index contributed by atoms with van der Waals surface area (Å²) in [6.07, 6.45) is 4.79. The zero-order valence-corrected chi connectivity index (χ0v) is 18.0. The molecule has 0 bridgehead atoms. The van der Waals surface area contributed by atoms with E-state index in [0.29, 0.717) is 24.5 Å². The lowest BCUT2D eigenvalue weighted by Crippen LogP contribution is -2.49. The van der Waals surface area contributed by atoms with Gasteiger partial charge in [0.25, 0.3) is 5.91 Å². The van der Waals surface area contributed by atoms with Gasteiger partial charge in [-0.3, -0.25) is 4.79 Å². The Bertz CT molecular complexity index is 1100. The van der Waals surface area contributed by atoms with E-state index in [-0.39, 0.29) is 12.7 Å². The van der Waals surface area contributed by atoms with Gasteiger partial charge in [-0.05, 0) is 63.6 Å². The van der Waals surface area contributed by atoms with Crippen molar-refractivity contribution < 1.29 is 19.1 Å². The third-order valence-electron chi connectivity index (χ3n) is 6.67. The largest absolute Gasteiger partial charge is 0.454 e. The molecule has 1 spiro atoms. The quantitative estimate of drug-likeness (QED) is 0.604. The normalized spacial score (nSPS) is 25.1. The van der Waals surface area contributed by atoms with Crippen LogP contribution >= 0.6 is 0 Å². The Labute approximate surface area is 180 Å². The van der Waals surface area contributed by atoms with Crippen LogP contribution in [0.5, 0.6) is 11.5 Å². The fraction of sp³-hybridized carbons (Fsp3) is 0.435. The predicted octanol–water partition coefficient (Wildman–Crippen LogP) is 3.66. The molecule has 31 heavy (non-hydrogen) atoms. The van der Waals surface area contributed by atoms with Gasteiger partial charge in [0.2, 0.25) is 6.79 Å². The number of urea groups is 1. The summed E-state index contributed by atoms with van der Waals surface area (Å²) in [7, 11) is 0. The average Bonchev–Trinajstić information content (AvgIpc) is 3.39. The molecule has 1 saturated heterocycles. The second-order valence-electron chi connectivity index (χ2n) is 8.76. The third-order valence-corrected chi connectivity index (χ3v) is 6.67. The number of nitrogens with one attached hydrogen (secondary N) is 1. The number of carbonyl (C=O) groups excluding carboxylic acids is 2. The molecule has 1 saturated carbocycles. The molecule has 0 atom stereocenters. The first kappa shape index (κ1) is 19.7. The number of carbonyl (C=O) groups is 2. The van der Waals surface area contributed by atoms with E-state index in [2.05, 4.69) is 21.9 Å². The zero-order valence-electron chi connectivity index (χ0n) is 18.0. The number of ether oxygens (including phenoxy) is 2. The first-order chi connectivity index (χ1) is 14.9. The molecule has 8 heteroatoms. The van der Waals surface area contributed by atoms with Crippen LogP contribution in [-0.4, -0.2) is 40.1 Å². The van der Waals surface area contributed by atoms with E-state index >= 15 is 0 Å². The van der Waals surface area contributed by atoms with Crippen LogP contribution in [0.3, 0.4) is 0 Å². The summed E-state index contributed by atoms with van der Waals surface area (Å²) in [5, 5.41) is 8.17. The van der Waals surface area contributed by atoms with Gasteiger partial charge in [-0.25, -0.2) is 4.79 Å². The lowest BCUT2D eigenvalue weighted by atomic mass is 9.77. The van der Waals surface area contributed by atoms with Crippen LogP contribution in [0.1, 0.15) is 49.6 Å². The average molecular weight is 422 g/mol. The number of aromatic nitrogens is 1. The van der Waals surface area contributed by atoms with Crippen molar-refractivity contribution in [3.8, 4) is 17.2 Å². The van der Waals surface area contributed by atoms with Gasteiger partial charge in [0.15, 0.2) is 11.5 Å². The van der Waals surface area contributed by atoms with Crippen LogP contribution in [0.15, 0.2) is 29.4 Å². The highest BCUT2D eigenvalue weighted by molar-refractivity contribution is 6.07. The minimum Gasteiger partial charge on any atom is -0.454 e. The predicted molar refractivity (Wildman–Crippen MR) is 115 cm³/mol. The third kappa shape index (κ3) is 3.17. The Kier molecular flexibility index (Phi) is 4.53. The van der Waals surface area contributed by atoms with Crippen molar-refractivity contribution >= 4 is 18.2 Å². The molecule has 3 heterocycles. The molecule has 0 radical (unpaired) electrons. The van der Waals surface area contributed by atoms with Gasteiger partial charge in [0.05, 0.1) is 6.21 Å². The summed E-state index contributed by atoms with van der Waals surface area (Å²) >= 11 is 0. The second-order valence-corrected chi connectivity index (χ2v) is 8.76. The maximum absolute atomic E-state index is 13.0. The first-order valence-electron chi connectivity index (χ1n) is 10.7. The topological polar surface area (TPSA) is 85.2 Å². The van der Waals surface area contributed by atoms with Crippen LogP contribution in [0, 0.1) is 19.8 Å². The molecule has 2 fully saturated rings. The molecular weight excluding hydrogens is 396 g/mol. The fourth-order valence-electron chi connectivity index (χ4n) is 4.76. The number of hydrazone groups is 1. The molecule has 1 aliphatic carbocycles. The van der Waals surface area contributed by atoms with Gasteiger partial charge in [0.1, 0.15) is 5.54 Å². The molecular formula is C23H26N4O4. The number of hydrogen-bond acceptors (Lipinski definition) is 5. The molecule has 162 valence electrons. The molecule has 2 aliphatic heterocycles. The number of imide groups is 1. The summed E-state index contributed by atoms with van der Waals surface area (Å²) in [4.78, 5) is 25.5. The molecule has 3 aliphatic rings. The summed E-state index contributed by atoms with van der Waals surface area (Å²) < 4.78 is 13.0. The summed E-state index contributed by atoms with van der Waals surface area (Å²) in [5.74, 6) is 1.78. The Hall–Kier alpha value is -3.29. The smallest absolute Gasteiger partial charge is 0.346 e. The van der Waals surface area contributed by atoms with Gasteiger partial charge < -0.3 is 19.4 Å². The highest BCUT2D eigenvalue weighted by Crippen LogP contribution is 2.37. The van der Waals surface area contributed by atoms with Crippen molar-refractivity contribution in [3.05, 3.63) is 41.2 Å². The van der Waals surface area contributed by atoms with Crippen molar-refractivity contribution in [2.45, 2.75) is 52.0 Å². The van der Waals surface area contributed by atoms with E-state index in [9.17, 15) is 9.59 Å². The number of aryl methyl sites for hydroxylation is 1. The van der Waals surface area contributed by atoms with Gasteiger partial charge in [0, 0.05) is 28.7 Å². The minimum atomic E-state index is -0.787. The Morgan fingerprint density at radius 3 is 2.65 bits per heavy atom. The molecule has 1 N–H and O–H groups in total. The van der Waals surface area contributed by atoms with Gasteiger partial charge in [-0.1, -0.05) is 6.92 Å².